The van der Waals surface area contributed by atoms with Gasteiger partial charge in [0.05, 0.1) is 10.6 Å². The van der Waals surface area contributed by atoms with E-state index in [0.29, 0.717) is 29.4 Å². The number of carbonyl (C=O) groups is 2. The van der Waals surface area contributed by atoms with Gasteiger partial charge in [0.1, 0.15) is 5.75 Å². The molecule has 8 nitrogen and oxygen atoms in total. The molecule has 9 heteroatoms. The van der Waals surface area contributed by atoms with Crippen molar-refractivity contribution in [2.45, 2.75) is 37.0 Å². The monoisotopic (exact) mass is 483 g/mol. The molecule has 1 fully saturated rings. The second-order valence-corrected chi connectivity index (χ2v) is 10.9. The van der Waals surface area contributed by atoms with Crippen molar-refractivity contribution in [1.82, 2.24) is 9.21 Å². The molecule has 0 unspecified atom stereocenters. The van der Waals surface area contributed by atoms with Gasteiger partial charge >= 0.3 is 0 Å². The zero-order valence-corrected chi connectivity index (χ0v) is 19.9. The van der Waals surface area contributed by atoms with Crippen LogP contribution in [0.4, 0.5) is 5.69 Å². The van der Waals surface area contributed by atoms with Crippen LogP contribution in [0.3, 0.4) is 0 Å². The zero-order valence-electron chi connectivity index (χ0n) is 19.1. The van der Waals surface area contributed by atoms with Gasteiger partial charge in [-0.1, -0.05) is 18.2 Å². The molecule has 2 aromatic rings. The quantitative estimate of drug-likeness (QED) is 0.651. The lowest BCUT2D eigenvalue weighted by Crippen LogP contribution is -2.51. The van der Waals surface area contributed by atoms with E-state index in [0.717, 1.165) is 31.2 Å². The summed E-state index contributed by atoms with van der Waals surface area (Å²) in [5, 5.41) is 0. The smallest absolute Gasteiger partial charge is 0.265 e. The molecule has 3 aliphatic rings. The molecule has 0 spiro atoms. The van der Waals surface area contributed by atoms with Crippen molar-refractivity contribution in [1.29, 1.82) is 0 Å². The van der Waals surface area contributed by atoms with Crippen molar-refractivity contribution in [3.8, 4) is 5.75 Å². The molecule has 0 aromatic heterocycles. The second kappa shape index (κ2) is 9.38. The van der Waals surface area contributed by atoms with Crippen molar-refractivity contribution in [3.63, 3.8) is 0 Å². The maximum Gasteiger partial charge on any atom is 0.265 e. The number of carbonyl (C=O) groups excluding carboxylic acids is 2. The first-order chi connectivity index (χ1) is 16.4. The standard InChI is InChI=1S/C25H29N3O5S/c29-24(11-12-28-22-7-3-4-8-23(22)33-18-25(28)30)26-13-15-27(16-14-26)34(31,32)21-10-9-19-5-1-2-6-20(19)17-21/h3-4,7-10,17H,1-2,5-6,11-16,18H2. The van der Waals surface area contributed by atoms with Crippen LogP contribution >= 0.6 is 0 Å². The molecule has 5 rings (SSSR count). The number of nitrogens with zero attached hydrogens (tertiary/aromatic N) is 3. The Morgan fingerprint density at radius 2 is 1.68 bits per heavy atom. The van der Waals surface area contributed by atoms with Crippen LogP contribution in [0.1, 0.15) is 30.4 Å². The van der Waals surface area contributed by atoms with E-state index in [9.17, 15) is 18.0 Å². The Kier molecular flexibility index (Phi) is 6.31. The normalized spacial score (nSPS) is 18.8. The van der Waals surface area contributed by atoms with Gasteiger partial charge in [-0.2, -0.15) is 4.31 Å². The van der Waals surface area contributed by atoms with Crippen LogP contribution in [0, 0.1) is 0 Å². The van der Waals surface area contributed by atoms with E-state index >= 15 is 0 Å². The Balaban J connectivity index is 1.18. The fourth-order valence-corrected chi connectivity index (χ4v) is 6.44. The summed E-state index contributed by atoms with van der Waals surface area (Å²) in [6, 6.07) is 12.8. The first-order valence-electron chi connectivity index (χ1n) is 11.9. The zero-order chi connectivity index (χ0) is 23.7. The number of amides is 2. The van der Waals surface area contributed by atoms with Gasteiger partial charge in [-0.05, 0) is 61.1 Å². The van der Waals surface area contributed by atoms with Gasteiger partial charge in [0.15, 0.2) is 6.61 Å². The third-order valence-corrected chi connectivity index (χ3v) is 8.80. The van der Waals surface area contributed by atoms with Crippen molar-refractivity contribution in [3.05, 3.63) is 53.6 Å². The third-order valence-electron chi connectivity index (χ3n) is 6.91. The lowest BCUT2D eigenvalue weighted by molar-refractivity contribution is -0.132. The Labute approximate surface area is 200 Å². The molecule has 2 aromatic carbocycles. The first kappa shape index (κ1) is 22.9. The largest absolute Gasteiger partial charge is 0.482 e. The minimum Gasteiger partial charge on any atom is -0.482 e. The van der Waals surface area contributed by atoms with Gasteiger partial charge in [0.2, 0.25) is 15.9 Å². The molecule has 0 N–H and O–H groups in total. The van der Waals surface area contributed by atoms with E-state index in [4.69, 9.17) is 4.74 Å². The molecule has 2 aliphatic heterocycles. The average molecular weight is 484 g/mol. The Bertz CT molecular complexity index is 1200. The number of hydrogen-bond donors (Lipinski definition) is 0. The number of sulfonamides is 1. The molecule has 0 saturated carbocycles. The van der Waals surface area contributed by atoms with Crippen LogP contribution in [0.25, 0.3) is 0 Å². The summed E-state index contributed by atoms with van der Waals surface area (Å²) in [7, 11) is -3.59. The molecule has 1 aliphatic carbocycles. The van der Waals surface area contributed by atoms with Gasteiger partial charge in [-0.25, -0.2) is 8.42 Å². The molecule has 0 radical (unpaired) electrons. The molecular formula is C25H29N3O5S. The Morgan fingerprint density at radius 3 is 2.47 bits per heavy atom. The fourth-order valence-electron chi connectivity index (χ4n) is 4.96. The maximum atomic E-state index is 13.2. The number of para-hydroxylation sites is 2. The van der Waals surface area contributed by atoms with Gasteiger partial charge in [0.25, 0.3) is 5.91 Å². The van der Waals surface area contributed by atoms with E-state index in [1.807, 2.05) is 24.3 Å². The summed E-state index contributed by atoms with van der Waals surface area (Å²) in [6.45, 7) is 1.46. The lowest BCUT2D eigenvalue weighted by Gasteiger charge is -2.35. The summed E-state index contributed by atoms with van der Waals surface area (Å²) < 4.78 is 33.3. The van der Waals surface area contributed by atoms with Crippen molar-refractivity contribution in [2.24, 2.45) is 0 Å². The molecule has 0 atom stereocenters. The van der Waals surface area contributed by atoms with Gasteiger partial charge in [0, 0.05) is 39.1 Å². The highest BCUT2D eigenvalue weighted by Crippen LogP contribution is 2.31. The summed E-state index contributed by atoms with van der Waals surface area (Å²) in [5.41, 5.74) is 3.06. The van der Waals surface area contributed by atoms with Crippen LogP contribution in [0.5, 0.6) is 5.75 Å². The molecule has 34 heavy (non-hydrogen) atoms. The summed E-state index contributed by atoms with van der Waals surface area (Å²) >= 11 is 0. The number of piperazine rings is 1. The topological polar surface area (TPSA) is 87.2 Å². The van der Waals surface area contributed by atoms with E-state index in [1.165, 1.54) is 9.87 Å². The molecule has 2 amide bonds. The predicted molar refractivity (Wildman–Crippen MR) is 127 cm³/mol. The number of fused-ring (bicyclic) bond motifs is 2. The van der Waals surface area contributed by atoms with E-state index in [-0.39, 0.29) is 44.5 Å². The van der Waals surface area contributed by atoms with Crippen molar-refractivity contribution in [2.75, 3.05) is 44.2 Å². The second-order valence-electron chi connectivity index (χ2n) is 8.97. The first-order valence-corrected chi connectivity index (χ1v) is 13.3. The van der Waals surface area contributed by atoms with Crippen LogP contribution in [-0.4, -0.2) is 68.8 Å². The molecule has 1 saturated heterocycles. The minimum atomic E-state index is -3.59. The highest BCUT2D eigenvalue weighted by Gasteiger charge is 2.31. The number of benzene rings is 2. The molecule has 2 heterocycles. The van der Waals surface area contributed by atoms with Gasteiger partial charge in [-0.3, -0.25) is 9.59 Å². The van der Waals surface area contributed by atoms with Crippen molar-refractivity contribution >= 4 is 27.5 Å². The Hall–Kier alpha value is -2.91. The maximum absolute atomic E-state index is 13.2. The number of aryl methyl sites for hydroxylation is 2. The molecule has 0 bridgehead atoms. The van der Waals surface area contributed by atoms with Crippen LogP contribution < -0.4 is 9.64 Å². The fraction of sp³-hybridized carbons (Fsp3) is 0.440. The SMILES string of the molecule is O=C(CCN1C(=O)COc2ccccc21)N1CCN(S(=O)(=O)c2ccc3c(c2)CCCC3)CC1. The molecular weight excluding hydrogens is 454 g/mol. The van der Waals surface area contributed by atoms with Crippen LogP contribution in [-0.2, 0) is 32.5 Å². The van der Waals surface area contributed by atoms with Crippen LogP contribution in [0.2, 0.25) is 0 Å². The number of anilines is 1. The molecule has 180 valence electrons. The predicted octanol–water partition coefficient (Wildman–Crippen LogP) is 2.21. The summed E-state index contributed by atoms with van der Waals surface area (Å²) in [6.07, 6.45) is 4.37. The van der Waals surface area contributed by atoms with Gasteiger partial charge in [-0.15, -0.1) is 0 Å². The van der Waals surface area contributed by atoms with E-state index in [2.05, 4.69) is 0 Å². The summed E-state index contributed by atoms with van der Waals surface area (Å²) in [5.74, 6) is 0.380. The van der Waals surface area contributed by atoms with Crippen LogP contribution in [0.15, 0.2) is 47.4 Å². The average Bonchev–Trinajstić information content (AvgIpc) is 2.87. The number of rotatable bonds is 5. The number of ether oxygens (including phenoxy) is 1. The lowest BCUT2D eigenvalue weighted by atomic mass is 9.92. The third kappa shape index (κ3) is 4.42. The Morgan fingerprint density at radius 1 is 0.941 bits per heavy atom. The highest BCUT2D eigenvalue weighted by atomic mass is 32.2. The highest BCUT2D eigenvalue weighted by molar-refractivity contribution is 7.89. The number of hydrogen-bond acceptors (Lipinski definition) is 5. The van der Waals surface area contributed by atoms with Gasteiger partial charge < -0.3 is 14.5 Å². The van der Waals surface area contributed by atoms with E-state index in [1.54, 1.807) is 28.0 Å². The van der Waals surface area contributed by atoms with Crippen molar-refractivity contribution < 1.29 is 22.7 Å². The minimum absolute atomic E-state index is 0.0373. The van der Waals surface area contributed by atoms with E-state index < -0.39 is 10.0 Å². The summed E-state index contributed by atoms with van der Waals surface area (Å²) in [4.78, 5) is 28.8.